The van der Waals surface area contributed by atoms with E-state index < -0.39 is 0 Å². The van der Waals surface area contributed by atoms with Gasteiger partial charge >= 0.3 is 0 Å². The van der Waals surface area contributed by atoms with E-state index in [4.69, 9.17) is 4.74 Å². The molecule has 0 unspecified atom stereocenters. The molecule has 17 heavy (non-hydrogen) atoms. The van der Waals surface area contributed by atoms with E-state index in [1.807, 2.05) is 19.1 Å². The number of ketones is 1. The van der Waals surface area contributed by atoms with E-state index in [-0.39, 0.29) is 5.78 Å². The van der Waals surface area contributed by atoms with Gasteiger partial charge in [-0.05, 0) is 36.8 Å². The largest absolute Gasteiger partial charge is 0.496 e. The van der Waals surface area contributed by atoms with Crippen molar-refractivity contribution in [2.75, 3.05) is 7.11 Å². The summed E-state index contributed by atoms with van der Waals surface area (Å²) in [6.07, 6.45) is 3.20. The number of aryl methyl sites for hydroxylation is 1. The fourth-order valence-electron chi connectivity index (χ4n) is 1.64. The Labute approximate surface area is 100 Å². The van der Waals surface area contributed by atoms with Crippen molar-refractivity contribution in [1.29, 1.82) is 0 Å². The summed E-state index contributed by atoms with van der Waals surface area (Å²) in [5.41, 5.74) is 2.19. The van der Waals surface area contributed by atoms with Gasteiger partial charge in [0, 0.05) is 18.0 Å². The summed E-state index contributed by atoms with van der Waals surface area (Å²) in [6.45, 7) is 1.96. The predicted molar refractivity (Wildman–Crippen MR) is 65.4 cm³/mol. The first kappa shape index (κ1) is 11.3. The number of nitrogens with zero attached hydrogens (tertiary/aromatic N) is 1. The van der Waals surface area contributed by atoms with Gasteiger partial charge in [0.25, 0.3) is 0 Å². The summed E-state index contributed by atoms with van der Waals surface area (Å²) in [6, 6.07) is 9.02. The molecule has 0 bridgehead atoms. The number of carbonyl (C=O) groups is 1. The van der Waals surface area contributed by atoms with Crippen LogP contribution in [0.25, 0.3) is 0 Å². The van der Waals surface area contributed by atoms with Crippen LogP contribution in [0.5, 0.6) is 5.75 Å². The topological polar surface area (TPSA) is 39.2 Å². The molecule has 2 rings (SSSR count). The van der Waals surface area contributed by atoms with Crippen LogP contribution in [-0.2, 0) is 0 Å². The Hall–Kier alpha value is -2.16. The SMILES string of the molecule is COc1cc(C)ccc1C(=O)c1cccnc1. The van der Waals surface area contributed by atoms with Crippen LogP contribution >= 0.6 is 0 Å². The molecule has 86 valence electrons. The van der Waals surface area contributed by atoms with Gasteiger partial charge in [0.1, 0.15) is 5.75 Å². The molecule has 0 aliphatic heterocycles. The zero-order chi connectivity index (χ0) is 12.3. The molecule has 1 aromatic heterocycles. The third-order valence-corrected chi connectivity index (χ3v) is 2.53. The van der Waals surface area contributed by atoms with E-state index in [0.29, 0.717) is 16.9 Å². The van der Waals surface area contributed by atoms with Crippen LogP contribution in [0, 0.1) is 6.92 Å². The molecule has 0 radical (unpaired) electrons. The average molecular weight is 227 g/mol. The molecule has 2 aromatic rings. The van der Waals surface area contributed by atoms with Crippen LogP contribution in [0.2, 0.25) is 0 Å². The third-order valence-electron chi connectivity index (χ3n) is 2.53. The normalized spacial score (nSPS) is 10.0. The molecule has 1 aromatic carbocycles. The number of carbonyl (C=O) groups excluding carboxylic acids is 1. The monoisotopic (exact) mass is 227 g/mol. The lowest BCUT2D eigenvalue weighted by atomic mass is 10.0. The molecule has 3 nitrogen and oxygen atoms in total. The average Bonchev–Trinajstić information content (AvgIpc) is 2.39. The second-order valence-electron chi connectivity index (χ2n) is 3.77. The van der Waals surface area contributed by atoms with Crippen molar-refractivity contribution >= 4 is 5.78 Å². The Morgan fingerprint density at radius 3 is 2.76 bits per heavy atom. The lowest BCUT2D eigenvalue weighted by molar-refractivity contribution is 0.103. The van der Waals surface area contributed by atoms with Gasteiger partial charge in [-0.2, -0.15) is 0 Å². The highest BCUT2D eigenvalue weighted by atomic mass is 16.5. The Balaban J connectivity index is 2.44. The van der Waals surface area contributed by atoms with Crippen molar-refractivity contribution in [2.45, 2.75) is 6.92 Å². The van der Waals surface area contributed by atoms with E-state index in [9.17, 15) is 4.79 Å². The lowest BCUT2D eigenvalue weighted by Gasteiger charge is -2.08. The summed E-state index contributed by atoms with van der Waals surface area (Å²) in [7, 11) is 1.56. The minimum atomic E-state index is -0.0741. The van der Waals surface area contributed by atoms with E-state index in [0.717, 1.165) is 5.56 Å². The zero-order valence-electron chi connectivity index (χ0n) is 9.81. The summed E-state index contributed by atoms with van der Waals surface area (Å²) in [4.78, 5) is 16.2. The smallest absolute Gasteiger partial charge is 0.198 e. The Kier molecular flexibility index (Phi) is 3.19. The first-order valence-corrected chi connectivity index (χ1v) is 5.31. The van der Waals surface area contributed by atoms with Crippen molar-refractivity contribution in [1.82, 2.24) is 4.98 Å². The molecule has 0 amide bonds. The van der Waals surface area contributed by atoms with Gasteiger partial charge in [0.15, 0.2) is 5.78 Å². The van der Waals surface area contributed by atoms with Gasteiger partial charge < -0.3 is 4.74 Å². The van der Waals surface area contributed by atoms with Gasteiger partial charge in [-0.25, -0.2) is 0 Å². The van der Waals surface area contributed by atoms with Gasteiger partial charge in [-0.15, -0.1) is 0 Å². The van der Waals surface area contributed by atoms with Crippen LogP contribution in [0.15, 0.2) is 42.7 Å². The highest BCUT2D eigenvalue weighted by molar-refractivity contribution is 6.10. The molecule has 0 N–H and O–H groups in total. The van der Waals surface area contributed by atoms with Crippen LogP contribution < -0.4 is 4.74 Å². The van der Waals surface area contributed by atoms with Crippen molar-refractivity contribution in [3.63, 3.8) is 0 Å². The molecule has 3 heteroatoms. The summed E-state index contributed by atoms with van der Waals surface area (Å²) >= 11 is 0. The minimum absolute atomic E-state index is 0.0741. The number of methoxy groups -OCH3 is 1. The van der Waals surface area contributed by atoms with Crippen LogP contribution in [0.1, 0.15) is 21.5 Å². The van der Waals surface area contributed by atoms with Gasteiger partial charge in [0.2, 0.25) is 0 Å². The molecule has 0 aliphatic carbocycles. The van der Waals surface area contributed by atoms with Crippen LogP contribution in [0.4, 0.5) is 0 Å². The standard InChI is InChI=1S/C14H13NO2/c1-10-5-6-12(13(8-10)17-2)14(16)11-4-3-7-15-9-11/h3-9H,1-2H3. The maximum atomic E-state index is 12.2. The second kappa shape index (κ2) is 4.78. The second-order valence-corrected chi connectivity index (χ2v) is 3.77. The molecular formula is C14H13NO2. The molecule has 0 saturated heterocycles. The number of ether oxygens (including phenoxy) is 1. The quantitative estimate of drug-likeness (QED) is 0.757. The Bertz CT molecular complexity index is 535. The third kappa shape index (κ3) is 2.33. The number of benzene rings is 1. The molecule has 1 heterocycles. The van der Waals surface area contributed by atoms with Crippen LogP contribution in [-0.4, -0.2) is 17.9 Å². The minimum Gasteiger partial charge on any atom is -0.496 e. The fraction of sp³-hybridized carbons (Fsp3) is 0.143. The first-order chi connectivity index (χ1) is 8.22. The Morgan fingerprint density at radius 2 is 2.12 bits per heavy atom. The molecule has 0 aliphatic rings. The summed E-state index contributed by atoms with van der Waals surface area (Å²) in [5, 5.41) is 0. The number of hydrogen-bond donors (Lipinski definition) is 0. The van der Waals surface area contributed by atoms with Crippen LogP contribution in [0.3, 0.4) is 0 Å². The number of rotatable bonds is 3. The number of pyridine rings is 1. The van der Waals surface area contributed by atoms with Crippen molar-refractivity contribution in [3.8, 4) is 5.75 Å². The summed E-state index contributed by atoms with van der Waals surface area (Å²) < 4.78 is 5.23. The van der Waals surface area contributed by atoms with Gasteiger partial charge in [-0.1, -0.05) is 6.07 Å². The van der Waals surface area contributed by atoms with Gasteiger partial charge in [-0.3, -0.25) is 9.78 Å². The van der Waals surface area contributed by atoms with E-state index in [1.165, 1.54) is 0 Å². The van der Waals surface area contributed by atoms with E-state index >= 15 is 0 Å². The maximum Gasteiger partial charge on any atom is 0.198 e. The number of hydrogen-bond acceptors (Lipinski definition) is 3. The molecule has 0 fully saturated rings. The molecule has 0 saturated carbocycles. The number of aromatic nitrogens is 1. The summed E-state index contributed by atoms with van der Waals surface area (Å²) in [5.74, 6) is 0.522. The van der Waals surface area contributed by atoms with E-state index in [2.05, 4.69) is 4.98 Å². The highest BCUT2D eigenvalue weighted by Gasteiger charge is 2.14. The Morgan fingerprint density at radius 1 is 1.29 bits per heavy atom. The lowest BCUT2D eigenvalue weighted by Crippen LogP contribution is -2.04. The molecule has 0 spiro atoms. The molecule has 0 atom stereocenters. The zero-order valence-corrected chi connectivity index (χ0v) is 9.81. The molecular weight excluding hydrogens is 214 g/mol. The van der Waals surface area contributed by atoms with Crippen molar-refractivity contribution < 1.29 is 9.53 Å². The highest BCUT2D eigenvalue weighted by Crippen LogP contribution is 2.22. The van der Waals surface area contributed by atoms with Crippen molar-refractivity contribution in [3.05, 3.63) is 59.4 Å². The van der Waals surface area contributed by atoms with Gasteiger partial charge in [0.05, 0.1) is 12.7 Å². The predicted octanol–water partition coefficient (Wildman–Crippen LogP) is 2.63. The fourth-order valence-corrected chi connectivity index (χ4v) is 1.64. The maximum absolute atomic E-state index is 12.2. The van der Waals surface area contributed by atoms with E-state index in [1.54, 1.807) is 37.7 Å². The first-order valence-electron chi connectivity index (χ1n) is 5.31. The van der Waals surface area contributed by atoms with Crippen molar-refractivity contribution in [2.24, 2.45) is 0 Å².